The first-order chi connectivity index (χ1) is 13.1. The van der Waals surface area contributed by atoms with Crippen molar-refractivity contribution in [3.8, 4) is 11.1 Å². The highest BCUT2D eigenvalue weighted by Crippen LogP contribution is 2.24. The summed E-state index contributed by atoms with van der Waals surface area (Å²) in [5, 5.41) is 2.61. The SMILES string of the molecule is O=C(Cn1c(=O)[nH]c2c(-c3ccccc3)c[nH]c2c1=O)NCc1ccco1. The van der Waals surface area contributed by atoms with E-state index in [0.717, 1.165) is 10.1 Å². The molecule has 27 heavy (non-hydrogen) atoms. The van der Waals surface area contributed by atoms with Crippen LogP contribution < -0.4 is 16.6 Å². The molecule has 0 aliphatic heterocycles. The topological polar surface area (TPSA) is 113 Å². The van der Waals surface area contributed by atoms with Gasteiger partial charge in [0.1, 0.15) is 17.8 Å². The number of carbonyl (C=O) groups excluding carboxylic acids is 1. The van der Waals surface area contributed by atoms with Crippen molar-refractivity contribution < 1.29 is 9.21 Å². The fourth-order valence-corrected chi connectivity index (χ4v) is 2.91. The number of carbonyl (C=O) groups is 1. The second kappa shape index (κ2) is 6.83. The summed E-state index contributed by atoms with van der Waals surface area (Å²) in [7, 11) is 0. The smallest absolute Gasteiger partial charge is 0.329 e. The second-order valence-corrected chi connectivity index (χ2v) is 6.00. The molecule has 0 saturated heterocycles. The molecular formula is C19H16N4O4. The lowest BCUT2D eigenvalue weighted by atomic mass is 10.1. The molecule has 0 bridgehead atoms. The summed E-state index contributed by atoms with van der Waals surface area (Å²) >= 11 is 0. The first-order valence-corrected chi connectivity index (χ1v) is 8.32. The van der Waals surface area contributed by atoms with Crippen LogP contribution in [-0.2, 0) is 17.9 Å². The van der Waals surface area contributed by atoms with E-state index in [1.165, 1.54) is 6.26 Å². The quantitative estimate of drug-likeness (QED) is 0.499. The molecule has 3 N–H and O–H groups in total. The van der Waals surface area contributed by atoms with E-state index < -0.39 is 17.2 Å². The first kappa shape index (κ1) is 16.6. The Morgan fingerprint density at radius 1 is 1.07 bits per heavy atom. The minimum Gasteiger partial charge on any atom is -0.467 e. The number of nitrogens with one attached hydrogen (secondary N) is 3. The summed E-state index contributed by atoms with van der Waals surface area (Å²) in [5.41, 5.74) is 1.05. The predicted octanol–water partition coefficient (Wildman–Crippen LogP) is 1.59. The molecule has 0 spiro atoms. The summed E-state index contributed by atoms with van der Waals surface area (Å²) < 4.78 is 5.99. The minimum atomic E-state index is -0.641. The molecule has 3 heterocycles. The summed E-state index contributed by atoms with van der Waals surface area (Å²) in [6.45, 7) is -0.202. The third kappa shape index (κ3) is 3.20. The number of rotatable bonds is 5. The zero-order valence-corrected chi connectivity index (χ0v) is 14.2. The van der Waals surface area contributed by atoms with Crippen molar-refractivity contribution in [1.29, 1.82) is 0 Å². The van der Waals surface area contributed by atoms with E-state index in [1.807, 2.05) is 30.3 Å². The molecule has 1 aromatic carbocycles. The Balaban J connectivity index is 1.64. The number of aromatic nitrogens is 3. The second-order valence-electron chi connectivity index (χ2n) is 6.00. The van der Waals surface area contributed by atoms with Gasteiger partial charge in [0.2, 0.25) is 5.91 Å². The van der Waals surface area contributed by atoms with Crippen molar-refractivity contribution in [2.45, 2.75) is 13.1 Å². The molecule has 3 aromatic heterocycles. The third-order valence-corrected chi connectivity index (χ3v) is 4.24. The van der Waals surface area contributed by atoms with Crippen molar-refractivity contribution in [3.05, 3.63) is 81.5 Å². The number of hydrogen-bond donors (Lipinski definition) is 3. The Bertz CT molecular complexity index is 1200. The molecule has 0 fully saturated rings. The average molecular weight is 364 g/mol. The number of fused-ring (bicyclic) bond motifs is 1. The summed E-state index contributed by atoms with van der Waals surface area (Å²) in [6, 6.07) is 12.8. The van der Waals surface area contributed by atoms with E-state index in [1.54, 1.807) is 18.3 Å². The van der Waals surface area contributed by atoms with Crippen molar-refractivity contribution in [2.75, 3.05) is 0 Å². The van der Waals surface area contributed by atoms with Gasteiger partial charge in [-0.1, -0.05) is 30.3 Å². The lowest BCUT2D eigenvalue weighted by molar-refractivity contribution is -0.122. The van der Waals surface area contributed by atoms with Gasteiger partial charge in [0, 0.05) is 11.8 Å². The molecule has 0 saturated carbocycles. The maximum atomic E-state index is 12.7. The number of amides is 1. The van der Waals surface area contributed by atoms with Gasteiger partial charge in [0.25, 0.3) is 5.56 Å². The van der Waals surface area contributed by atoms with Crippen molar-refractivity contribution >= 4 is 16.9 Å². The van der Waals surface area contributed by atoms with E-state index in [9.17, 15) is 14.4 Å². The third-order valence-electron chi connectivity index (χ3n) is 4.24. The molecule has 0 radical (unpaired) electrons. The van der Waals surface area contributed by atoms with Crippen LogP contribution in [0.2, 0.25) is 0 Å². The van der Waals surface area contributed by atoms with Crippen LogP contribution in [0.25, 0.3) is 22.2 Å². The monoisotopic (exact) mass is 364 g/mol. The number of nitrogens with zero attached hydrogens (tertiary/aromatic N) is 1. The van der Waals surface area contributed by atoms with E-state index in [0.29, 0.717) is 16.8 Å². The highest BCUT2D eigenvalue weighted by molar-refractivity contribution is 5.91. The number of aromatic amines is 2. The molecule has 4 rings (SSSR count). The van der Waals surface area contributed by atoms with Crippen molar-refractivity contribution in [3.63, 3.8) is 0 Å². The van der Waals surface area contributed by atoms with Crippen LogP contribution in [0.3, 0.4) is 0 Å². The Morgan fingerprint density at radius 3 is 2.63 bits per heavy atom. The fraction of sp³-hybridized carbons (Fsp3) is 0.105. The Hall–Kier alpha value is -3.81. The number of benzene rings is 1. The van der Waals surface area contributed by atoms with Crippen LogP contribution in [0, 0.1) is 0 Å². The lowest BCUT2D eigenvalue weighted by Gasteiger charge is -2.06. The first-order valence-electron chi connectivity index (χ1n) is 8.32. The summed E-state index contributed by atoms with van der Waals surface area (Å²) in [4.78, 5) is 42.8. The van der Waals surface area contributed by atoms with Gasteiger partial charge in [-0.25, -0.2) is 9.36 Å². The minimum absolute atomic E-state index is 0.182. The van der Waals surface area contributed by atoms with E-state index in [-0.39, 0.29) is 18.6 Å². The predicted molar refractivity (Wildman–Crippen MR) is 99.2 cm³/mol. The molecule has 0 aliphatic rings. The molecule has 8 heteroatoms. The standard InChI is InChI=1S/C19H16N4O4/c24-15(20-9-13-7-4-8-27-13)11-23-18(25)17-16(22-19(23)26)14(10-21-17)12-5-2-1-3-6-12/h1-8,10,21H,9,11H2,(H,20,24)(H,22,26). The zero-order valence-electron chi connectivity index (χ0n) is 14.2. The lowest BCUT2D eigenvalue weighted by Crippen LogP contribution is -2.40. The van der Waals surface area contributed by atoms with Gasteiger partial charge in [-0.05, 0) is 17.7 Å². The highest BCUT2D eigenvalue weighted by Gasteiger charge is 2.15. The number of hydrogen-bond acceptors (Lipinski definition) is 4. The molecular weight excluding hydrogens is 348 g/mol. The molecule has 136 valence electrons. The van der Waals surface area contributed by atoms with Crippen LogP contribution in [0.15, 0.2) is 68.9 Å². The zero-order chi connectivity index (χ0) is 18.8. The Kier molecular flexibility index (Phi) is 4.21. The molecule has 0 aliphatic carbocycles. The van der Waals surface area contributed by atoms with Gasteiger partial charge < -0.3 is 19.7 Å². The van der Waals surface area contributed by atoms with E-state index >= 15 is 0 Å². The van der Waals surface area contributed by atoms with E-state index in [4.69, 9.17) is 4.42 Å². The van der Waals surface area contributed by atoms with Crippen LogP contribution in [-0.4, -0.2) is 20.4 Å². The number of H-pyrrole nitrogens is 2. The molecule has 8 nitrogen and oxygen atoms in total. The molecule has 1 amide bonds. The summed E-state index contributed by atoms with van der Waals surface area (Å²) in [6.07, 6.45) is 3.17. The largest absolute Gasteiger partial charge is 0.467 e. The van der Waals surface area contributed by atoms with Crippen LogP contribution in [0.1, 0.15) is 5.76 Å². The fourth-order valence-electron chi connectivity index (χ4n) is 2.91. The maximum absolute atomic E-state index is 12.7. The number of furan rings is 1. The van der Waals surface area contributed by atoms with Gasteiger partial charge in [0.05, 0.1) is 18.3 Å². The van der Waals surface area contributed by atoms with Crippen LogP contribution >= 0.6 is 0 Å². The van der Waals surface area contributed by atoms with Gasteiger partial charge >= 0.3 is 5.69 Å². The molecule has 0 unspecified atom stereocenters. The molecule has 4 aromatic rings. The van der Waals surface area contributed by atoms with Gasteiger partial charge in [-0.15, -0.1) is 0 Å². The van der Waals surface area contributed by atoms with Gasteiger partial charge in [-0.2, -0.15) is 0 Å². The Labute approximate surface area is 152 Å². The van der Waals surface area contributed by atoms with Crippen LogP contribution in [0.5, 0.6) is 0 Å². The highest BCUT2D eigenvalue weighted by atomic mass is 16.3. The molecule has 0 atom stereocenters. The summed E-state index contributed by atoms with van der Waals surface area (Å²) in [5.74, 6) is 0.116. The maximum Gasteiger partial charge on any atom is 0.329 e. The van der Waals surface area contributed by atoms with Crippen LogP contribution in [0.4, 0.5) is 0 Å². The van der Waals surface area contributed by atoms with Gasteiger partial charge in [-0.3, -0.25) is 9.59 Å². The normalized spacial score (nSPS) is 11.0. The van der Waals surface area contributed by atoms with Gasteiger partial charge in [0.15, 0.2) is 0 Å². The Morgan fingerprint density at radius 2 is 1.89 bits per heavy atom. The van der Waals surface area contributed by atoms with Crippen molar-refractivity contribution in [2.24, 2.45) is 0 Å². The van der Waals surface area contributed by atoms with E-state index in [2.05, 4.69) is 15.3 Å². The average Bonchev–Trinajstić information content (AvgIpc) is 3.34. The van der Waals surface area contributed by atoms with Crippen molar-refractivity contribution in [1.82, 2.24) is 19.9 Å².